The maximum atomic E-state index is 13.6. The Morgan fingerprint density at radius 3 is 2.67 bits per heavy atom. The predicted octanol–water partition coefficient (Wildman–Crippen LogP) is 4.35. The van der Waals surface area contributed by atoms with Crippen LogP contribution in [0.4, 0.5) is 27.1 Å². The minimum Gasteiger partial charge on any atom is -0.466 e. The molecule has 0 amide bonds. The number of nitrogens with zero attached hydrogens (tertiary/aromatic N) is 2. The van der Waals surface area contributed by atoms with Gasteiger partial charge in [-0.25, -0.2) is 4.98 Å². The zero-order chi connectivity index (χ0) is 20.1. The molecule has 1 N–H and O–H groups in total. The summed E-state index contributed by atoms with van der Waals surface area (Å²) in [5.74, 6) is -5.47. The van der Waals surface area contributed by atoms with Crippen LogP contribution < -0.4 is 5.43 Å². The molecule has 2 rings (SSSR count). The fourth-order valence-electron chi connectivity index (χ4n) is 2.00. The smallest absolute Gasteiger partial charge is 0.458 e. The number of carbonyl (C=O) groups excluding carboxylic acids is 1. The van der Waals surface area contributed by atoms with Crippen LogP contribution in [-0.4, -0.2) is 30.0 Å². The minimum absolute atomic E-state index is 0.0453. The lowest BCUT2D eigenvalue weighted by atomic mass is 10.0. The van der Waals surface area contributed by atoms with Crippen molar-refractivity contribution >= 4 is 28.7 Å². The van der Waals surface area contributed by atoms with Crippen molar-refractivity contribution in [3.05, 3.63) is 46.5 Å². The van der Waals surface area contributed by atoms with Crippen molar-refractivity contribution in [3.8, 4) is 0 Å². The third-order valence-electron chi connectivity index (χ3n) is 3.20. The summed E-state index contributed by atoms with van der Waals surface area (Å²) < 4.78 is 69.8. The zero-order valence-electron chi connectivity index (χ0n) is 13.9. The molecule has 0 radical (unpaired) electrons. The van der Waals surface area contributed by atoms with Crippen LogP contribution in [0.25, 0.3) is 0 Å². The molecule has 2 aromatic rings. The number of benzene rings is 1. The third kappa shape index (κ3) is 5.22. The highest BCUT2D eigenvalue weighted by Gasteiger charge is 2.59. The van der Waals surface area contributed by atoms with Gasteiger partial charge in [-0.1, -0.05) is 24.3 Å². The topological polar surface area (TPSA) is 63.6 Å². The van der Waals surface area contributed by atoms with Crippen molar-refractivity contribution in [2.45, 2.75) is 25.4 Å². The molecule has 27 heavy (non-hydrogen) atoms. The van der Waals surface area contributed by atoms with Gasteiger partial charge >= 0.3 is 18.1 Å². The number of ether oxygens (including phenoxy) is 1. The van der Waals surface area contributed by atoms with Gasteiger partial charge in [0, 0.05) is 16.5 Å². The summed E-state index contributed by atoms with van der Waals surface area (Å²) in [6.07, 6.45) is -4.92. The van der Waals surface area contributed by atoms with E-state index >= 15 is 0 Å². The lowest BCUT2D eigenvalue weighted by Crippen LogP contribution is -2.34. The number of nitrogens with one attached hydrogen (secondary N) is 1. The Hall–Kier alpha value is -2.56. The SMILES string of the molecule is CCOC(=O)Cc1csc(NN=Cc2ccccc2C(F)(F)C(F)(F)F)n1. The summed E-state index contributed by atoms with van der Waals surface area (Å²) in [6, 6.07) is 4.18. The molecular formula is C16H14F5N3O2S. The molecule has 0 fully saturated rings. The minimum atomic E-state index is -5.72. The van der Waals surface area contributed by atoms with Crippen LogP contribution in [0.2, 0.25) is 0 Å². The van der Waals surface area contributed by atoms with E-state index in [-0.39, 0.29) is 18.2 Å². The molecule has 1 aromatic heterocycles. The monoisotopic (exact) mass is 407 g/mol. The Bertz CT molecular complexity index is 820. The van der Waals surface area contributed by atoms with E-state index in [9.17, 15) is 26.7 Å². The molecule has 0 aliphatic carbocycles. The van der Waals surface area contributed by atoms with Crippen LogP contribution in [0, 0.1) is 0 Å². The van der Waals surface area contributed by atoms with Crippen LogP contribution in [-0.2, 0) is 21.9 Å². The summed E-state index contributed by atoms with van der Waals surface area (Å²) in [5.41, 5.74) is 1.26. The first-order chi connectivity index (χ1) is 12.6. The van der Waals surface area contributed by atoms with Gasteiger partial charge in [0.25, 0.3) is 0 Å². The van der Waals surface area contributed by atoms with Crippen molar-refractivity contribution in [3.63, 3.8) is 0 Å². The maximum Gasteiger partial charge on any atom is 0.458 e. The molecule has 1 heterocycles. The zero-order valence-corrected chi connectivity index (χ0v) is 14.7. The molecule has 0 atom stereocenters. The lowest BCUT2D eigenvalue weighted by molar-refractivity contribution is -0.289. The largest absolute Gasteiger partial charge is 0.466 e. The van der Waals surface area contributed by atoms with E-state index in [0.29, 0.717) is 11.8 Å². The Morgan fingerprint density at radius 1 is 1.30 bits per heavy atom. The molecule has 146 valence electrons. The molecule has 0 saturated carbocycles. The van der Waals surface area contributed by atoms with Gasteiger partial charge < -0.3 is 4.74 Å². The first kappa shape index (κ1) is 20.7. The Balaban J connectivity index is 2.10. The van der Waals surface area contributed by atoms with E-state index in [4.69, 9.17) is 4.74 Å². The first-order valence-corrected chi connectivity index (χ1v) is 8.46. The highest BCUT2D eigenvalue weighted by Crippen LogP contribution is 2.44. The standard InChI is InChI=1S/C16H14F5N3O2S/c1-2-26-13(25)7-11-9-27-14(23-11)24-22-8-10-5-3-4-6-12(10)15(17,18)16(19,20)21/h3-6,8-9H,2,7H2,1H3,(H,23,24). The number of hydrazone groups is 1. The van der Waals surface area contributed by atoms with Gasteiger partial charge in [0.05, 0.1) is 24.9 Å². The fourth-order valence-corrected chi connectivity index (χ4v) is 2.66. The number of hydrogen-bond acceptors (Lipinski definition) is 6. The van der Waals surface area contributed by atoms with Gasteiger partial charge in [0.1, 0.15) is 0 Å². The molecule has 0 aliphatic rings. The molecule has 0 saturated heterocycles. The number of hydrogen-bond donors (Lipinski definition) is 1. The second kappa shape index (κ2) is 8.42. The normalized spacial score (nSPS) is 12.4. The Labute approximate surface area is 154 Å². The van der Waals surface area contributed by atoms with E-state index in [0.717, 1.165) is 29.7 Å². The van der Waals surface area contributed by atoms with E-state index < -0.39 is 29.2 Å². The highest BCUT2D eigenvalue weighted by atomic mass is 32.1. The van der Waals surface area contributed by atoms with Crippen LogP contribution in [0.1, 0.15) is 23.7 Å². The van der Waals surface area contributed by atoms with Gasteiger partial charge in [-0.15, -0.1) is 11.3 Å². The summed E-state index contributed by atoms with van der Waals surface area (Å²) in [4.78, 5) is 15.4. The number of alkyl halides is 5. The first-order valence-electron chi connectivity index (χ1n) is 7.58. The second-order valence-electron chi connectivity index (χ2n) is 5.16. The van der Waals surface area contributed by atoms with Crippen LogP contribution in [0.15, 0.2) is 34.7 Å². The van der Waals surface area contributed by atoms with Crippen molar-refractivity contribution in [2.75, 3.05) is 12.0 Å². The number of esters is 1. The van der Waals surface area contributed by atoms with Gasteiger partial charge in [-0.3, -0.25) is 10.2 Å². The van der Waals surface area contributed by atoms with Crippen molar-refractivity contribution in [1.82, 2.24) is 4.98 Å². The molecule has 5 nitrogen and oxygen atoms in total. The molecule has 11 heteroatoms. The number of halogens is 5. The number of carbonyl (C=O) groups is 1. The molecule has 0 aliphatic heterocycles. The molecule has 0 spiro atoms. The highest BCUT2D eigenvalue weighted by molar-refractivity contribution is 7.13. The molecule has 0 unspecified atom stereocenters. The fraction of sp³-hybridized carbons (Fsp3) is 0.312. The van der Waals surface area contributed by atoms with Crippen LogP contribution in [0.5, 0.6) is 0 Å². The van der Waals surface area contributed by atoms with Crippen LogP contribution >= 0.6 is 11.3 Å². The molecule has 0 bridgehead atoms. The van der Waals surface area contributed by atoms with Gasteiger partial charge in [0.2, 0.25) is 5.13 Å². The predicted molar refractivity (Wildman–Crippen MR) is 90.1 cm³/mol. The summed E-state index contributed by atoms with van der Waals surface area (Å²) in [7, 11) is 0. The second-order valence-corrected chi connectivity index (χ2v) is 6.01. The summed E-state index contributed by atoms with van der Waals surface area (Å²) >= 11 is 1.09. The number of thiazole rings is 1. The summed E-state index contributed by atoms with van der Waals surface area (Å²) in [6.45, 7) is 1.90. The van der Waals surface area contributed by atoms with E-state index in [1.807, 2.05) is 0 Å². The maximum absolute atomic E-state index is 13.6. The molecule has 1 aromatic carbocycles. The number of aromatic nitrogens is 1. The summed E-state index contributed by atoms with van der Waals surface area (Å²) in [5, 5.41) is 5.46. The van der Waals surface area contributed by atoms with Gasteiger partial charge in [-0.2, -0.15) is 27.1 Å². The average molecular weight is 407 g/mol. The van der Waals surface area contributed by atoms with E-state index in [1.165, 1.54) is 6.07 Å². The van der Waals surface area contributed by atoms with Crippen molar-refractivity contribution < 1.29 is 31.5 Å². The number of anilines is 1. The average Bonchev–Trinajstić information content (AvgIpc) is 3.01. The third-order valence-corrected chi connectivity index (χ3v) is 4.00. The Morgan fingerprint density at radius 2 is 2.00 bits per heavy atom. The van der Waals surface area contributed by atoms with Crippen molar-refractivity contribution in [2.24, 2.45) is 5.10 Å². The van der Waals surface area contributed by atoms with Crippen LogP contribution in [0.3, 0.4) is 0 Å². The van der Waals surface area contributed by atoms with E-state index in [2.05, 4.69) is 15.5 Å². The molecular weight excluding hydrogens is 393 g/mol. The lowest BCUT2D eigenvalue weighted by Gasteiger charge is -2.21. The number of rotatable bonds is 7. The quantitative estimate of drug-likeness (QED) is 0.321. The van der Waals surface area contributed by atoms with E-state index in [1.54, 1.807) is 12.3 Å². The van der Waals surface area contributed by atoms with Gasteiger partial charge in [-0.05, 0) is 6.92 Å². The van der Waals surface area contributed by atoms with Gasteiger partial charge in [0.15, 0.2) is 0 Å². The van der Waals surface area contributed by atoms with Crippen molar-refractivity contribution in [1.29, 1.82) is 0 Å². The Kier molecular flexibility index (Phi) is 6.47.